The van der Waals surface area contributed by atoms with Crippen molar-refractivity contribution in [2.75, 3.05) is 6.61 Å². The van der Waals surface area contributed by atoms with Crippen molar-refractivity contribution in [3.63, 3.8) is 0 Å². The van der Waals surface area contributed by atoms with Crippen LogP contribution < -0.4 is 5.73 Å². The van der Waals surface area contributed by atoms with Crippen LogP contribution in [0.5, 0.6) is 0 Å². The molecule has 0 aromatic carbocycles. The first-order valence-electron chi connectivity index (χ1n) is 5.06. The van der Waals surface area contributed by atoms with Crippen LogP contribution in [0.1, 0.15) is 19.3 Å². The lowest BCUT2D eigenvalue weighted by Crippen LogP contribution is -2.25. The van der Waals surface area contributed by atoms with Crippen LogP contribution in [-0.4, -0.2) is 24.6 Å². The zero-order valence-electron chi connectivity index (χ0n) is 9.14. The number of hydrogen-bond donors (Lipinski definition) is 1. The van der Waals surface area contributed by atoms with Gasteiger partial charge >= 0.3 is 18.0 Å². The molecule has 1 amide bonds. The quantitative estimate of drug-likeness (QED) is 0.326. The average Bonchev–Trinajstić information content (AvgIpc) is 2.49. The predicted molar refractivity (Wildman–Crippen MR) is 54.2 cm³/mol. The summed E-state index contributed by atoms with van der Waals surface area (Å²) in [5, 5.41) is 0. The normalized spacial score (nSPS) is 19.8. The Hall–Kier alpha value is -2.05. The highest BCUT2D eigenvalue weighted by atomic mass is 17.2. The topological polar surface area (TPSA) is 105 Å². The standard InChI is InChI=1S/C10H13NO6/c1-6(8(12)16-17-10(11)14)7-4-2-3-5-15-9(7)13/h7H,1-5H2,(H2,11,14). The van der Waals surface area contributed by atoms with E-state index in [1.165, 1.54) is 0 Å². The van der Waals surface area contributed by atoms with E-state index in [4.69, 9.17) is 4.74 Å². The van der Waals surface area contributed by atoms with Crippen LogP contribution in [0.3, 0.4) is 0 Å². The number of primary amides is 1. The van der Waals surface area contributed by atoms with Crippen molar-refractivity contribution in [3.05, 3.63) is 12.2 Å². The molecule has 17 heavy (non-hydrogen) atoms. The SMILES string of the molecule is C=C(C(=O)OOC(N)=O)C1CCCCOC1=O. The monoisotopic (exact) mass is 243 g/mol. The summed E-state index contributed by atoms with van der Waals surface area (Å²) in [5.41, 5.74) is 4.50. The number of amides is 1. The molecule has 0 aromatic rings. The van der Waals surface area contributed by atoms with Gasteiger partial charge in [-0.25, -0.2) is 19.4 Å². The third kappa shape index (κ3) is 3.78. The third-order valence-corrected chi connectivity index (χ3v) is 2.30. The first-order chi connectivity index (χ1) is 8.02. The van der Waals surface area contributed by atoms with Gasteiger partial charge in [0.1, 0.15) is 0 Å². The molecule has 1 saturated heterocycles. The summed E-state index contributed by atoms with van der Waals surface area (Å²) in [6.07, 6.45) is 0.667. The van der Waals surface area contributed by atoms with Crippen molar-refractivity contribution in [3.8, 4) is 0 Å². The molecular weight excluding hydrogens is 230 g/mol. The van der Waals surface area contributed by atoms with Gasteiger partial charge in [0.05, 0.1) is 12.5 Å². The van der Waals surface area contributed by atoms with Gasteiger partial charge in [-0.05, 0) is 19.3 Å². The Labute approximate surface area is 97.4 Å². The van der Waals surface area contributed by atoms with Gasteiger partial charge in [0.15, 0.2) is 0 Å². The molecule has 0 aliphatic carbocycles. The molecular formula is C10H13NO6. The maximum absolute atomic E-state index is 11.5. The fourth-order valence-electron chi connectivity index (χ4n) is 1.43. The smallest absolute Gasteiger partial charge is 0.447 e. The van der Waals surface area contributed by atoms with Gasteiger partial charge < -0.3 is 10.5 Å². The first kappa shape index (κ1) is 13.0. The highest BCUT2D eigenvalue weighted by Crippen LogP contribution is 2.22. The van der Waals surface area contributed by atoms with Gasteiger partial charge in [-0.1, -0.05) is 6.58 Å². The van der Waals surface area contributed by atoms with E-state index in [0.29, 0.717) is 13.0 Å². The molecule has 0 bridgehead atoms. The second-order valence-corrected chi connectivity index (χ2v) is 3.51. The predicted octanol–water partition coefficient (Wildman–Crippen LogP) is 0.439. The Balaban J connectivity index is 2.57. The van der Waals surface area contributed by atoms with Gasteiger partial charge in [0, 0.05) is 5.57 Å². The lowest BCUT2D eigenvalue weighted by molar-refractivity contribution is -0.226. The largest absolute Gasteiger partial charge is 0.465 e. The molecule has 0 saturated carbocycles. The number of cyclic esters (lactones) is 1. The molecule has 1 unspecified atom stereocenters. The fraction of sp³-hybridized carbons (Fsp3) is 0.500. The summed E-state index contributed by atoms with van der Waals surface area (Å²) in [6.45, 7) is 3.77. The molecule has 94 valence electrons. The summed E-state index contributed by atoms with van der Waals surface area (Å²) < 4.78 is 4.87. The van der Waals surface area contributed by atoms with E-state index >= 15 is 0 Å². The van der Waals surface area contributed by atoms with Crippen molar-refractivity contribution in [2.24, 2.45) is 11.7 Å². The minimum Gasteiger partial charge on any atom is -0.465 e. The molecule has 7 nitrogen and oxygen atoms in total. The molecule has 1 heterocycles. The van der Waals surface area contributed by atoms with Crippen molar-refractivity contribution in [2.45, 2.75) is 19.3 Å². The molecule has 1 aliphatic heterocycles. The van der Waals surface area contributed by atoms with Crippen LogP contribution in [0, 0.1) is 5.92 Å². The van der Waals surface area contributed by atoms with Crippen LogP contribution in [-0.2, 0) is 24.1 Å². The van der Waals surface area contributed by atoms with Crippen LogP contribution in [0.15, 0.2) is 12.2 Å². The van der Waals surface area contributed by atoms with E-state index in [1.54, 1.807) is 0 Å². The Morgan fingerprint density at radius 1 is 1.35 bits per heavy atom. The number of nitrogens with two attached hydrogens (primary N) is 1. The van der Waals surface area contributed by atoms with Crippen LogP contribution in [0.2, 0.25) is 0 Å². The van der Waals surface area contributed by atoms with Crippen LogP contribution in [0.4, 0.5) is 4.79 Å². The summed E-state index contributed by atoms with van der Waals surface area (Å²) in [6, 6.07) is 0. The molecule has 1 fully saturated rings. The van der Waals surface area contributed by atoms with Crippen LogP contribution in [0.25, 0.3) is 0 Å². The summed E-state index contributed by atoms with van der Waals surface area (Å²) >= 11 is 0. The van der Waals surface area contributed by atoms with Gasteiger partial charge in [-0.2, -0.15) is 0 Å². The van der Waals surface area contributed by atoms with E-state index in [1.807, 2.05) is 0 Å². The Kier molecular flexibility index (Phi) is 4.50. The van der Waals surface area contributed by atoms with Crippen molar-refractivity contribution in [1.82, 2.24) is 0 Å². The van der Waals surface area contributed by atoms with Crippen molar-refractivity contribution in [1.29, 1.82) is 0 Å². The third-order valence-electron chi connectivity index (χ3n) is 2.30. The molecule has 0 radical (unpaired) electrons. The Morgan fingerprint density at radius 3 is 2.71 bits per heavy atom. The van der Waals surface area contributed by atoms with E-state index in [-0.39, 0.29) is 5.57 Å². The van der Waals surface area contributed by atoms with E-state index in [2.05, 4.69) is 22.1 Å². The Morgan fingerprint density at radius 2 is 2.06 bits per heavy atom. The average molecular weight is 243 g/mol. The van der Waals surface area contributed by atoms with Crippen molar-refractivity contribution >= 4 is 18.0 Å². The van der Waals surface area contributed by atoms with Crippen LogP contribution >= 0.6 is 0 Å². The fourth-order valence-corrected chi connectivity index (χ4v) is 1.43. The van der Waals surface area contributed by atoms with Gasteiger partial charge in [0.2, 0.25) is 0 Å². The second-order valence-electron chi connectivity index (χ2n) is 3.51. The number of carbonyl (C=O) groups excluding carboxylic acids is 3. The first-order valence-corrected chi connectivity index (χ1v) is 5.06. The molecule has 1 atom stereocenters. The molecule has 1 aliphatic rings. The number of esters is 1. The number of hydrogen-bond acceptors (Lipinski definition) is 6. The number of ether oxygens (including phenoxy) is 1. The van der Waals surface area contributed by atoms with E-state index < -0.39 is 23.9 Å². The maximum atomic E-state index is 11.5. The van der Waals surface area contributed by atoms with Gasteiger partial charge in [-0.3, -0.25) is 4.79 Å². The van der Waals surface area contributed by atoms with Crippen molar-refractivity contribution < 1.29 is 28.9 Å². The van der Waals surface area contributed by atoms with E-state index in [9.17, 15) is 14.4 Å². The zero-order chi connectivity index (χ0) is 12.8. The maximum Gasteiger partial charge on any atom is 0.447 e. The summed E-state index contributed by atoms with van der Waals surface area (Å²) in [7, 11) is 0. The lowest BCUT2D eigenvalue weighted by Gasteiger charge is -2.12. The summed E-state index contributed by atoms with van der Waals surface area (Å²) in [5.74, 6) is -2.29. The Bertz CT molecular complexity index is 351. The lowest BCUT2D eigenvalue weighted by atomic mass is 9.95. The van der Waals surface area contributed by atoms with Gasteiger partial charge in [-0.15, -0.1) is 0 Å². The summed E-state index contributed by atoms with van der Waals surface area (Å²) in [4.78, 5) is 41.0. The van der Waals surface area contributed by atoms with E-state index in [0.717, 1.165) is 12.8 Å². The molecule has 7 heteroatoms. The zero-order valence-corrected chi connectivity index (χ0v) is 9.14. The molecule has 0 spiro atoms. The number of carbonyl (C=O) groups is 3. The van der Waals surface area contributed by atoms with Gasteiger partial charge in [0.25, 0.3) is 0 Å². The highest BCUT2D eigenvalue weighted by Gasteiger charge is 2.30. The molecule has 0 aromatic heterocycles. The highest BCUT2D eigenvalue weighted by molar-refractivity contribution is 5.94. The minimum atomic E-state index is -1.26. The molecule has 2 N–H and O–H groups in total. The second kappa shape index (κ2) is 5.88. The molecule has 1 rings (SSSR count). The number of rotatable bonds is 2. The minimum absolute atomic E-state index is 0.113.